The molecular weight excluding hydrogens is 2140 g/mol. The van der Waals surface area contributed by atoms with Gasteiger partial charge in [0.05, 0.1) is 94.7 Å². The number of aliphatic hydroxyl groups excluding tert-OH is 1. The normalized spacial score (nSPS) is 12.0. The van der Waals surface area contributed by atoms with E-state index in [4.69, 9.17) is 112 Å². The molecule has 0 aromatic heterocycles. The van der Waals surface area contributed by atoms with Gasteiger partial charge in [-0.05, 0) is 295 Å². The Kier molecular flexibility index (Phi) is 80.6. The number of benzene rings is 4. The number of anilines is 4. The zero-order chi connectivity index (χ0) is 110. The number of nitrogens with one attached hydrogen (secondary N) is 6. The summed E-state index contributed by atoms with van der Waals surface area (Å²) in [7, 11) is 7.41. The third kappa shape index (κ3) is 84.3. The first-order valence-electron chi connectivity index (χ1n) is 45.4. The topological polar surface area (TPSA) is 526 Å². The van der Waals surface area contributed by atoms with Crippen molar-refractivity contribution in [1.82, 2.24) is 31.4 Å². The van der Waals surface area contributed by atoms with Gasteiger partial charge in [-0.15, -0.1) is 46.4 Å². The minimum Gasteiger partial charge on any atom is -0.481 e. The van der Waals surface area contributed by atoms with E-state index in [0.717, 1.165) is 82.8 Å². The Bertz CT molecular complexity index is 4340. The molecule has 142 heavy (non-hydrogen) atoms. The summed E-state index contributed by atoms with van der Waals surface area (Å²) in [5.74, 6) is -1.02. The van der Waals surface area contributed by atoms with Gasteiger partial charge in [-0.2, -0.15) is 9.59 Å². The Morgan fingerprint density at radius 2 is 0.711 bits per heavy atom. The molecule has 4 rings (SSSR count). The van der Waals surface area contributed by atoms with Crippen LogP contribution in [-0.4, -0.2) is 283 Å². The van der Waals surface area contributed by atoms with Crippen LogP contribution < -0.4 is 58.4 Å². The predicted molar refractivity (Wildman–Crippen MR) is 587 cm³/mol. The van der Waals surface area contributed by atoms with Crippen LogP contribution in [0.1, 0.15) is 215 Å². The number of nitrogens with zero attached hydrogens (tertiary/aromatic N) is 2. The van der Waals surface area contributed by atoms with E-state index >= 15 is 0 Å². The van der Waals surface area contributed by atoms with Crippen molar-refractivity contribution < 1.29 is 115 Å². The summed E-state index contributed by atoms with van der Waals surface area (Å²) in [5.41, 5.74) is 25.5. The Balaban J connectivity index is -0.000000510. The van der Waals surface area contributed by atoms with Gasteiger partial charge < -0.3 is 126 Å². The number of carbonyl (C=O) groups is 14. The van der Waals surface area contributed by atoms with E-state index in [1.807, 2.05) is 165 Å². The van der Waals surface area contributed by atoms with E-state index in [0.29, 0.717) is 105 Å². The molecule has 0 heterocycles. The first kappa shape index (κ1) is 143. The number of alkyl halides is 5. The number of rotatable bonds is 51. The molecule has 4 aromatic rings. The third-order valence-electron chi connectivity index (χ3n) is 17.3. The summed E-state index contributed by atoms with van der Waals surface area (Å²) in [5, 5.41) is 34.3. The van der Waals surface area contributed by atoms with Gasteiger partial charge >= 0.3 is 47.9 Å². The van der Waals surface area contributed by atoms with Gasteiger partial charge in [0.2, 0.25) is 0 Å². The van der Waals surface area contributed by atoms with Crippen molar-refractivity contribution in [2.24, 2.45) is 5.73 Å². The van der Waals surface area contributed by atoms with Crippen molar-refractivity contribution in [1.29, 1.82) is 0 Å². The van der Waals surface area contributed by atoms with Crippen molar-refractivity contribution >= 4 is 250 Å². The van der Waals surface area contributed by atoms with Crippen molar-refractivity contribution in [2.75, 3.05) is 88.5 Å². The maximum Gasteiger partial charge on any atom is 0.373 e. The first-order valence-corrected chi connectivity index (χ1v) is 50.1. The monoisotopic (exact) mass is 2290 g/mol. The van der Waals surface area contributed by atoms with Crippen LogP contribution in [0.3, 0.4) is 0 Å². The van der Waals surface area contributed by atoms with Gasteiger partial charge in [0.25, 0.3) is 44.5 Å². The molecule has 0 aliphatic heterocycles. The number of ketones is 1. The lowest BCUT2D eigenvalue weighted by atomic mass is 9.91. The zero-order valence-electron chi connectivity index (χ0n) is 86.4. The Labute approximate surface area is 892 Å². The van der Waals surface area contributed by atoms with E-state index in [1.165, 1.54) is 45.7 Å². The lowest BCUT2D eigenvalue weighted by Gasteiger charge is -2.26. The average Bonchev–Trinajstić information content (AvgIpc) is 0.855. The summed E-state index contributed by atoms with van der Waals surface area (Å²) in [4.78, 5) is 173. The zero-order valence-corrected chi connectivity index (χ0v) is 93.8. The Hall–Kier alpha value is -7.87. The number of Topliss-reactive ketones (excluding diaryl/α,β-unsaturated/α-hetero) is 1. The van der Waals surface area contributed by atoms with Crippen molar-refractivity contribution in [3.8, 4) is 0 Å². The molecule has 6 atom stereocenters. The van der Waals surface area contributed by atoms with Crippen LogP contribution >= 0.6 is 91.6 Å². The molecule has 0 spiro atoms. The number of halogens is 6. The number of carboxylic acids is 1. The molecule has 0 amide bonds. The van der Waals surface area contributed by atoms with Gasteiger partial charge in [0, 0.05) is 111 Å². The Morgan fingerprint density at radius 1 is 0.423 bits per heavy atom. The maximum atomic E-state index is 12.3. The second kappa shape index (κ2) is 80.3. The number of carboxylic acid groups (broad SMARTS) is 1. The number of carbonyl (C=O) groups excluding carboxylic acids is 15. The second-order valence-corrected chi connectivity index (χ2v) is 40.9. The molecule has 35 nitrogen and oxygen atoms in total. The number of esters is 6. The molecule has 4 aromatic carbocycles. The molecule has 47 heteroatoms. The maximum absolute atomic E-state index is 12.3. The average molecular weight is 2290 g/mol. The molecule has 0 aliphatic rings. The lowest BCUT2D eigenvalue weighted by molar-refractivity contribution is -0.192. The minimum absolute atomic E-state index is 0.0259. The molecule has 0 saturated carbocycles. The molecule has 0 saturated heterocycles. The van der Waals surface area contributed by atoms with Gasteiger partial charge in [-0.1, -0.05) is 46.9 Å². The third-order valence-corrected chi connectivity index (χ3v) is 20.2. The van der Waals surface area contributed by atoms with E-state index in [9.17, 15) is 67.1 Å². The Morgan fingerprint density at radius 3 is 1.02 bits per heavy atom. The van der Waals surface area contributed by atoms with Gasteiger partial charge in [0.1, 0.15) is 39.4 Å². The molecule has 0 fully saturated rings. The molecule has 788 valence electrons. The predicted octanol–water partition coefficient (Wildman–Crippen LogP) is 9.75. The van der Waals surface area contributed by atoms with Crippen LogP contribution in [0.25, 0.3) is 0 Å². The fourth-order valence-electron chi connectivity index (χ4n) is 11.4. The number of ether oxygens (including phenoxy) is 6. The van der Waals surface area contributed by atoms with Crippen molar-refractivity contribution in [3.63, 3.8) is 0 Å². The highest BCUT2D eigenvalue weighted by Crippen LogP contribution is 2.26. The van der Waals surface area contributed by atoms with Crippen LogP contribution in [0.2, 0.25) is 0 Å². The minimum atomic E-state index is -0.873. The van der Waals surface area contributed by atoms with Crippen LogP contribution in [0, 0.1) is 31.3 Å². The highest BCUT2D eigenvalue weighted by molar-refractivity contribution is 14.1. The molecule has 0 aliphatic carbocycles. The second-order valence-electron chi connectivity index (χ2n) is 37.4. The van der Waals surface area contributed by atoms with Crippen LogP contribution in [-0.2, 0) is 124 Å². The van der Waals surface area contributed by atoms with E-state index in [-0.39, 0.29) is 112 Å². The smallest absolute Gasteiger partial charge is 0.373 e. The van der Waals surface area contributed by atoms with Gasteiger partial charge in [0.15, 0.2) is 0 Å². The fourth-order valence-corrected chi connectivity index (χ4v) is 13.3. The number of nitrogen functional groups attached to an aromatic ring is 2. The summed E-state index contributed by atoms with van der Waals surface area (Å²) in [6.07, 6.45) is 6.45. The number of aliphatic hydroxyl groups is 1. The first-order chi connectivity index (χ1) is 66.0. The van der Waals surface area contributed by atoms with E-state index in [1.54, 1.807) is 41.5 Å². The molecule has 6 radical (unpaired) electrons. The quantitative estimate of drug-likeness (QED) is 0.00286. The molecular formula is C95H149B6Cl4I2N11O24. The van der Waals surface area contributed by atoms with E-state index in [2.05, 4.69) is 105 Å². The summed E-state index contributed by atoms with van der Waals surface area (Å²) < 4.78 is 33.0. The summed E-state index contributed by atoms with van der Waals surface area (Å²) in [6.45, 7) is 44.9. The highest BCUT2D eigenvalue weighted by atomic mass is 127. The number of nitrogens with two attached hydrogens (primary N) is 3. The highest BCUT2D eigenvalue weighted by Gasteiger charge is 2.28. The molecule has 14 N–H and O–H groups in total. The fraction of sp³-hybridized carbons (Fsp3) is 0.589. The van der Waals surface area contributed by atoms with Gasteiger partial charge in [-0.3, -0.25) is 38.4 Å². The van der Waals surface area contributed by atoms with Crippen LogP contribution in [0.4, 0.5) is 22.7 Å². The van der Waals surface area contributed by atoms with Crippen LogP contribution in [0.15, 0.2) is 72.8 Å². The SMILES string of the molecule is CC(=O)[C@H](CC(=O)OC(C)(C)C)N[B]C=O.CC(C)(C)OC(=O)CCN[B]C=O.CC(C)(C)OC(=O)C[C@@H](CI)N[B]C=O.CC(C)(C)OC(=O)C[C@@H](CO)N[B]C=O.Cc1ccc(N(CCCl)CCCl)cc1C[C@@H](N)CC(=O)O.Cc1ccc(N(CCCl)CCCl)cc1C[C@H](CC(=O)OC(C)(C)C)N[B]C=O.Cc1ccc(N)cc1C[C@H](CC(=O)OC(C)(C)C)N[B]C=O.Cc1ccc(N)cc1I.O=C=O. The van der Waals surface area contributed by atoms with Crippen molar-refractivity contribution in [3.05, 3.63) is 115 Å². The van der Waals surface area contributed by atoms with Crippen LogP contribution in [0.5, 0.6) is 0 Å². The number of aryl methyl sites for hydroxylation is 4. The summed E-state index contributed by atoms with van der Waals surface area (Å²) >= 11 is 27.9. The standard InChI is InChI=1S/C20H30BCl2N2O3.C16H24BN2O3.C15H22Cl2N2O2.C10H17BNO4.C9H16BINO3.C9H17BNO4.C8H15BNO3.C7H8IN.CO2/c1-15-5-6-18(25(9-7-22)10-8-23)12-16(15)11-17(24-21-14-26)13-19(27)28-20(2,3)4;1-11-5-6-13(18)7-12(11)8-14(19-17-10-20)9-15(21)22-16(2,3)4;1-11-2-3-14(19(6-4-16)7-5-17)9-12(11)8-13(18)10-15(20)21;1-7(14)8(12-11-6-13)5-9(15)16-10(2,3)4;1-9(2,3)15-8(14)4-7(5-11)12-10-6-13;1-9(2,3)15-8(14)4-7(5-12)11-10-6-13;1-8(2,3)13-7(12)4-5-10-9-6-11;1-5-2-3-6(9)4-7(5)8;2-1-3/h5-6,12,14,17,24H,7-11,13H2,1-4H3;5-7,10,14,19H,8-9,18H2,1-4H3;2-3,9,13H,4-8,10,18H2,1H3,(H,20,21);6,8,12H,5H2,1-4H3;6-7,12H,4-5H2,1-3H3;6-7,11-12H,4-5H2,1-3H3;6,10H,4-5H2,1-3H3;2-4H,9H2,1H3;/t17-;14-;13-;8-;2*7-;;;/m111000.../s1. The number of hydrogen-bond acceptors (Lipinski definition) is 34. The molecule has 0 bridgehead atoms. The molecule has 0 unspecified atom stereocenters. The van der Waals surface area contributed by atoms with Crippen molar-refractivity contribution in [2.45, 2.75) is 293 Å². The van der Waals surface area contributed by atoms with E-state index < -0.39 is 63.6 Å². The largest absolute Gasteiger partial charge is 0.481 e. The number of hydrogen-bond donors (Lipinski definition) is 11. The number of aliphatic carboxylic acids is 1. The lowest BCUT2D eigenvalue weighted by Crippen LogP contribution is -2.41. The summed E-state index contributed by atoms with van der Waals surface area (Å²) in [6, 6.07) is 21.8. The van der Waals surface area contributed by atoms with Gasteiger partial charge in [-0.25, -0.2) is 0 Å².